The van der Waals surface area contributed by atoms with Crippen molar-refractivity contribution in [1.82, 2.24) is 4.98 Å². The maximum Gasteiger partial charge on any atom is 0.264 e. The maximum absolute atomic E-state index is 13.8. The van der Waals surface area contributed by atoms with Crippen LogP contribution in [0.2, 0.25) is 0 Å². The molecule has 0 atom stereocenters. The third kappa shape index (κ3) is 3.71. The fourth-order valence-electron chi connectivity index (χ4n) is 2.33. The van der Waals surface area contributed by atoms with Gasteiger partial charge < -0.3 is 0 Å². The molecule has 0 bridgehead atoms. The van der Waals surface area contributed by atoms with Crippen LogP contribution >= 0.6 is 11.3 Å². The van der Waals surface area contributed by atoms with Crippen LogP contribution < -0.4 is 4.72 Å². The van der Waals surface area contributed by atoms with Gasteiger partial charge in [-0.25, -0.2) is 26.2 Å². The zero-order valence-corrected chi connectivity index (χ0v) is 16.1. The van der Waals surface area contributed by atoms with Crippen molar-refractivity contribution in [1.29, 1.82) is 0 Å². The Morgan fingerprint density at radius 1 is 1.12 bits per heavy atom. The third-order valence-electron chi connectivity index (χ3n) is 3.49. The van der Waals surface area contributed by atoms with E-state index in [1.807, 2.05) is 0 Å². The molecule has 0 saturated heterocycles. The van der Waals surface area contributed by atoms with Gasteiger partial charge in [-0.2, -0.15) is 0 Å². The highest BCUT2D eigenvalue weighted by molar-refractivity contribution is 7.93. The minimum atomic E-state index is -4.10. The Morgan fingerprint density at radius 2 is 1.85 bits per heavy atom. The van der Waals surface area contributed by atoms with Crippen LogP contribution in [0.15, 0.2) is 51.7 Å². The minimum absolute atomic E-state index is 0.000404. The molecule has 138 valence electrons. The first-order valence-corrected chi connectivity index (χ1v) is 11.6. The standard InChI is InChI=1S/C16H15FN2O4S3/c1-2-9-25(20,21)16-18-13-8-7-11(10-14(13)24-16)19-26(22,23)15-6-4-3-5-12(15)17/h3-8,10,19H,2,9H2,1H3. The van der Waals surface area contributed by atoms with Crippen LogP contribution in [-0.4, -0.2) is 27.6 Å². The molecule has 1 N–H and O–H groups in total. The molecule has 0 saturated carbocycles. The Bertz CT molecular complexity index is 1170. The van der Waals surface area contributed by atoms with Crippen molar-refractivity contribution >= 4 is 47.1 Å². The Labute approximate surface area is 154 Å². The number of fused-ring (bicyclic) bond motifs is 1. The molecule has 1 heterocycles. The molecule has 0 fully saturated rings. The first kappa shape index (κ1) is 18.7. The predicted octanol–water partition coefficient (Wildman–Crippen LogP) is 3.42. The van der Waals surface area contributed by atoms with E-state index in [9.17, 15) is 21.2 Å². The number of nitrogens with one attached hydrogen (secondary N) is 1. The van der Waals surface area contributed by atoms with Crippen LogP contribution in [0.3, 0.4) is 0 Å². The van der Waals surface area contributed by atoms with Crippen LogP contribution in [0.1, 0.15) is 13.3 Å². The molecule has 10 heteroatoms. The summed E-state index contributed by atoms with van der Waals surface area (Å²) in [4.78, 5) is 3.64. The predicted molar refractivity (Wildman–Crippen MR) is 99.2 cm³/mol. The highest BCUT2D eigenvalue weighted by Crippen LogP contribution is 2.29. The van der Waals surface area contributed by atoms with E-state index in [1.54, 1.807) is 6.92 Å². The van der Waals surface area contributed by atoms with Crippen molar-refractivity contribution in [2.45, 2.75) is 22.6 Å². The smallest absolute Gasteiger partial charge is 0.264 e. The molecule has 26 heavy (non-hydrogen) atoms. The Kier molecular flexibility index (Phi) is 5.00. The Balaban J connectivity index is 1.96. The Morgan fingerprint density at radius 3 is 2.54 bits per heavy atom. The summed E-state index contributed by atoms with van der Waals surface area (Å²) in [5.74, 6) is -0.855. The average Bonchev–Trinajstić information content (AvgIpc) is 2.99. The van der Waals surface area contributed by atoms with Gasteiger partial charge in [-0.15, -0.1) is 11.3 Å². The first-order chi connectivity index (χ1) is 12.2. The molecule has 0 radical (unpaired) electrons. The second kappa shape index (κ2) is 6.93. The van der Waals surface area contributed by atoms with E-state index in [0.29, 0.717) is 16.6 Å². The summed E-state index contributed by atoms with van der Waals surface area (Å²) in [5, 5.41) is 0. The zero-order valence-electron chi connectivity index (χ0n) is 13.6. The van der Waals surface area contributed by atoms with Gasteiger partial charge in [-0.05, 0) is 36.8 Å². The molecular formula is C16H15FN2O4S3. The number of thiazole rings is 1. The fourth-order valence-corrected chi connectivity index (χ4v) is 6.17. The molecule has 6 nitrogen and oxygen atoms in total. The second-order valence-corrected chi connectivity index (χ2v) is 10.5. The van der Waals surface area contributed by atoms with Gasteiger partial charge in [-0.3, -0.25) is 4.72 Å². The van der Waals surface area contributed by atoms with E-state index in [-0.39, 0.29) is 15.8 Å². The number of rotatable bonds is 6. The lowest BCUT2D eigenvalue weighted by atomic mass is 10.3. The SMILES string of the molecule is CCCS(=O)(=O)c1nc2ccc(NS(=O)(=O)c3ccccc3F)cc2s1. The van der Waals surface area contributed by atoms with Gasteiger partial charge in [-0.1, -0.05) is 19.1 Å². The second-order valence-electron chi connectivity index (χ2n) is 5.52. The number of benzene rings is 2. The summed E-state index contributed by atoms with van der Waals surface area (Å²) in [6, 6.07) is 9.51. The van der Waals surface area contributed by atoms with Gasteiger partial charge in [0, 0.05) is 0 Å². The molecule has 3 aromatic rings. The van der Waals surface area contributed by atoms with Crippen molar-refractivity contribution < 1.29 is 21.2 Å². The normalized spacial score (nSPS) is 12.4. The lowest BCUT2D eigenvalue weighted by Crippen LogP contribution is -2.14. The quantitative estimate of drug-likeness (QED) is 0.667. The van der Waals surface area contributed by atoms with E-state index in [1.165, 1.54) is 36.4 Å². The molecule has 3 rings (SSSR count). The molecule has 0 spiro atoms. The van der Waals surface area contributed by atoms with Crippen LogP contribution in [0.5, 0.6) is 0 Å². The van der Waals surface area contributed by atoms with Crippen molar-refractivity contribution in [2.75, 3.05) is 10.5 Å². The number of anilines is 1. The molecule has 0 amide bonds. The zero-order chi connectivity index (χ0) is 18.9. The van der Waals surface area contributed by atoms with Gasteiger partial charge in [0.25, 0.3) is 10.0 Å². The van der Waals surface area contributed by atoms with Crippen LogP contribution in [-0.2, 0) is 19.9 Å². The largest absolute Gasteiger partial charge is 0.279 e. The summed E-state index contributed by atoms with van der Waals surface area (Å²) in [6.45, 7) is 1.76. The topological polar surface area (TPSA) is 93.2 Å². The number of sulfonamides is 1. The number of halogens is 1. The van der Waals surface area contributed by atoms with Gasteiger partial charge in [0.2, 0.25) is 14.2 Å². The minimum Gasteiger partial charge on any atom is -0.279 e. The van der Waals surface area contributed by atoms with E-state index >= 15 is 0 Å². The van der Waals surface area contributed by atoms with Gasteiger partial charge in [0.05, 0.1) is 21.7 Å². The summed E-state index contributed by atoms with van der Waals surface area (Å²) in [6.07, 6.45) is 0.478. The van der Waals surface area contributed by atoms with Crippen LogP contribution in [0, 0.1) is 5.82 Å². The lowest BCUT2D eigenvalue weighted by Gasteiger charge is -2.08. The fraction of sp³-hybridized carbons (Fsp3) is 0.188. The van der Waals surface area contributed by atoms with Crippen LogP contribution in [0.4, 0.5) is 10.1 Å². The van der Waals surface area contributed by atoms with Crippen molar-refractivity contribution in [2.24, 2.45) is 0 Å². The van der Waals surface area contributed by atoms with E-state index in [2.05, 4.69) is 9.71 Å². The number of aromatic nitrogens is 1. The van der Waals surface area contributed by atoms with E-state index < -0.39 is 30.6 Å². The van der Waals surface area contributed by atoms with Crippen molar-refractivity contribution in [3.05, 3.63) is 48.3 Å². The van der Waals surface area contributed by atoms with Crippen LogP contribution in [0.25, 0.3) is 10.2 Å². The molecule has 0 aliphatic carbocycles. The van der Waals surface area contributed by atoms with Crippen molar-refractivity contribution in [3.63, 3.8) is 0 Å². The highest BCUT2D eigenvalue weighted by atomic mass is 32.2. The average molecular weight is 415 g/mol. The summed E-state index contributed by atoms with van der Waals surface area (Å²) in [7, 11) is -7.55. The van der Waals surface area contributed by atoms with Gasteiger partial charge in [0.15, 0.2) is 0 Å². The van der Waals surface area contributed by atoms with Crippen molar-refractivity contribution in [3.8, 4) is 0 Å². The van der Waals surface area contributed by atoms with Gasteiger partial charge >= 0.3 is 0 Å². The highest BCUT2D eigenvalue weighted by Gasteiger charge is 2.21. The number of hydrogen-bond acceptors (Lipinski definition) is 6. The summed E-state index contributed by atoms with van der Waals surface area (Å²) >= 11 is 0.975. The maximum atomic E-state index is 13.8. The number of hydrogen-bond donors (Lipinski definition) is 1. The number of nitrogens with zero attached hydrogens (tertiary/aromatic N) is 1. The monoisotopic (exact) mass is 414 g/mol. The third-order valence-corrected chi connectivity index (χ3v) is 8.29. The van der Waals surface area contributed by atoms with E-state index in [4.69, 9.17) is 0 Å². The molecule has 0 unspecified atom stereocenters. The number of sulfone groups is 1. The molecule has 2 aromatic carbocycles. The molecule has 1 aromatic heterocycles. The lowest BCUT2D eigenvalue weighted by molar-refractivity contribution is 0.570. The Hall–Kier alpha value is -2.04. The first-order valence-electron chi connectivity index (χ1n) is 7.63. The summed E-state index contributed by atoms with van der Waals surface area (Å²) < 4.78 is 65.5. The summed E-state index contributed by atoms with van der Waals surface area (Å²) in [5.41, 5.74) is 0.655. The molecule has 0 aliphatic heterocycles. The molecular weight excluding hydrogens is 399 g/mol. The van der Waals surface area contributed by atoms with Gasteiger partial charge in [0.1, 0.15) is 10.7 Å². The van der Waals surface area contributed by atoms with E-state index in [0.717, 1.165) is 17.4 Å². The molecule has 0 aliphatic rings.